The van der Waals surface area contributed by atoms with Gasteiger partial charge in [-0.15, -0.1) is 0 Å². The van der Waals surface area contributed by atoms with Gasteiger partial charge in [-0.2, -0.15) is 0 Å². The summed E-state index contributed by atoms with van der Waals surface area (Å²) in [6.45, 7) is 18.9. The molecule has 0 aliphatic carbocycles. The Morgan fingerprint density at radius 3 is 2.03 bits per heavy atom. The quantitative estimate of drug-likeness (QED) is 0.483. The molecule has 0 spiro atoms. The molecule has 8 heteroatoms. The van der Waals surface area contributed by atoms with Crippen LogP contribution in [0.1, 0.15) is 85.2 Å². The molecule has 1 amide bonds. The molecule has 0 aromatic heterocycles. The number of carbonyl (C=O) groups is 2. The number of rotatable bonds is 5. The first-order valence-corrected chi connectivity index (χ1v) is 11.2. The minimum absolute atomic E-state index is 0.155. The topological polar surface area (TPSA) is 83.1 Å². The Labute approximate surface area is 198 Å². The van der Waals surface area contributed by atoms with Crippen molar-refractivity contribution in [3.63, 3.8) is 0 Å². The average Bonchev–Trinajstić information content (AvgIpc) is 2.83. The standard InChI is InChI=1S/C25H38BNO6/c1-22(2,3)30-20(28)18-13-11-12-17(14-18)15-19(16-27-21(29)31-23(4,5)6)26-32-24(7,8)25(9,10)33-26/h11-15H,16H2,1-10H3,(H,27,29). The van der Waals surface area contributed by atoms with Crippen LogP contribution in [0.4, 0.5) is 4.79 Å². The van der Waals surface area contributed by atoms with Crippen LogP contribution in [0.3, 0.4) is 0 Å². The third-order valence-electron chi connectivity index (χ3n) is 5.27. The molecule has 0 bridgehead atoms. The van der Waals surface area contributed by atoms with Gasteiger partial charge in [0, 0.05) is 6.54 Å². The summed E-state index contributed by atoms with van der Waals surface area (Å²) in [6.07, 6.45) is 1.32. The summed E-state index contributed by atoms with van der Waals surface area (Å²) in [5.74, 6) is -0.401. The highest BCUT2D eigenvalue weighted by Gasteiger charge is 2.52. The maximum atomic E-state index is 12.5. The number of alkyl carbamates (subject to hydrolysis) is 1. The molecule has 0 radical (unpaired) electrons. The molecule has 1 fully saturated rings. The van der Waals surface area contributed by atoms with E-state index in [9.17, 15) is 9.59 Å². The zero-order valence-corrected chi connectivity index (χ0v) is 21.6. The molecule has 33 heavy (non-hydrogen) atoms. The Bertz CT molecular complexity index is 892. The second kappa shape index (κ2) is 9.51. The van der Waals surface area contributed by atoms with Crippen LogP contribution in [0.2, 0.25) is 0 Å². The van der Waals surface area contributed by atoms with Crippen molar-refractivity contribution in [3.05, 3.63) is 40.9 Å². The van der Waals surface area contributed by atoms with Gasteiger partial charge in [-0.1, -0.05) is 18.2 Å². The SMILES string of the molecule is CC(C)(C)OC(=O)NCC(=Cc1cccc(C(=O)OC(C)(C)C)c1)B1OC(C)(C)C(C)(C)O1. The molecular weight excluding hydrogens is 421 g/mol. The van der Waals surface area contributed by atoms with Crippen LogP contribution in [0, 0.1) is 0 Å². The lowest BCUT2D eigenvalue weighted by atomic mass is 9.77. The Morgan fingerprint density at radius 2 is 1.52 bits per heavy atom. The van der Waals surface area contributed by atoms with E-state index in [0.717, 1.165) is 5.56 Å². The first-order valence-electron chi connectivity index (χ1n) is 11.2. The molecule has 0 saturated carbocycles. The highest BCUT2D eigenvalue weighted by Crippen LogP contribution is 2.38. The number of nitrogens with one attached hydrogen (secondary N) is 1. The van der Waals surface area contributed by atoms with Gasteiger partial charge in [0.1, 0.15) is 11.2 Å². The lowest BCUT2D eigenvalue weighted by Gasteiger charge is -2.32. The Kier molecular flexibility index (Phi) is 7.76. The van der Waals surface area contributed by atoms with Crippen LogP contribution in [0.5, 0.6) is 0 Å². The second-order valence-corrected chi connectivity index (χ2v) is 11.3. The molecule has 1 heterocycles. The van der Waals surface area contributed by atoms with Crippen molar-refractivity contribution in [2.24, 2.45) is 0 Å². The minimum Gasteiger partial charge on any atom is -0.456 e. The van der Waals surface area contributed by atoms with Crippen molar-refractivity contribution in [2.45, 2.75) is 91.6 Å². The number of hydrogen-bond acceptors (Lipinski definition) is 6. The third kappa shape index (κ3) is 7.89. The van der Waals surface area contributed by atoms with Gasteiger partial charge in [-0.25, -0.2) is 9.59 Å². The molecule has 182 valence electrons. The largest absolute Gasteiger partial charge is 0.492 e. The van der Waals surface area contributed by atoms with E-state index < -0.39 is 41.6 Å². The zero-order valence-electron chi connectivity index (χ0n) is 21.6. The highest BCUT2D eigenvalue weighted by atomic mass is 16.7. The van der Waals surface area contributed by atoms with Gasteiger partial charge in [0.25, 0.3) is 0 Å². The summed E-state index contributed by atoms with van der Waals surface area (Å²) in [5.41, 5.74) is -0.391. The molecule has 0 unspecified atom stereocenters. The van der Waals surface area contributed by atoms with Crippen LogP contribution >= 0.6 is 0 Å². The summed E-state index contributed by atoms with van der Waals surface area (Å²) in [5, 5.41) is 2.78. The van der Waals surface area contributed by atoms with Gasteiger partial charge in [0.05, 0.1) is 16.8 Å². The molecule has 1 N–H and O–H groups in total. The first-order chi connectivity index (χ1) is 14.9. The Hall–Kier alpha value is -2.32. The van der Waals surface area contributed by atoms with Gasteiger partial charge in [-0.3, -0.25) is 0 Å². The van der Waals surface area contributed by atoms with Crippen LogP contribution in [0.15, 0.2) is 29.7 Å². The maximum Gasteiger partial charge on any atom is 0.492 e. The van der Waals surface area contributed by atoms with Crippen LogP contribution in [0.25, 0.3) is 6.08 Å². The zero-order chi connectivity index (χ0) is 25.2. The fraction of sp³-hybridized carbons (Fsp3) is 0.600. The number of benzene rings is 1. The molecule has 1 saturated heterocycles. The van der Waals surface area contributed by atoms with Crippen molar-refractivity contribution in [3.8, 4) is 0 Å². The van der Waals surface area contributed by atoms with Crippen LogP contribution < -0.4 is 5.32 Å². The van der Waals surface area contributed by atoms with Crippen molar-refractivity contribution in [2.75, 3.05) is 6.54 Å². The van der Waals surface area contributed by atoms with E-state index in [1.807, 2.05) is 60.6 Å². The average molecular weight is 459 g/mol. The van der Waals surface area contributed by atoms with Crippen molar-refractivity contribution < 1.29 is 28.4 Å². The lowest BCUT2D eigenvalue weighted by Crippen LogP contribution is -2.41. The van der Waals surface area contributed by atoms with Crippen molar-refractivity contribution in [1.82, 2.24) is 5.32 Å². The predicted molar refractivity (Wildman–Crippen MR) is 130 cm³/mol. The summed E-state index contributed by atoms with van der Waals surface area (Å²) in [7, 11) is -0.671. The van der Waals surface area contributed by atoms with Gasteiger partial charge >= 0.3 is 19.2 Å². The maximum absolute atomic E-state index is 12.5. The van der Waals surface area contributed by atoms with Crippen LogP contribution in [-0.4, -0.2) is 48.1 Å². The third-order valence-corrected chi connectivity index (χ3v) is 5.27. The van der Waals surface area contributed by atoms with Gasteiger partial charge in [-0.05, 0) is 92.4 Å². The Balaban J connectivity index is 2.32. The Morgan fingerprint density at radius 1 is 0.970 bits per heavy atom. The fourth-order valence-corrected chi connectivity index (χ4v) is 2.99. The molecule has 7 nitrogen and oxygen atoms in total. The second-order valence-electron chi connectivity index (χ2n) is 11.3. The van der Waals surface area contributed by atoms with E-state index in [4.69, 9.17) is 18.8 Å². The molecule has 1 aliphatic rings. The molecule has 1 aromatic rings. The monoisotopic (exact) mass is 459 g/mol. The predicted octanol–water partition coefficient (Wildman–Crippen LogP) is 5.18. The van der Waals surface area contributed by atoms with E-state index >= 15 is 0 Å². The highest BCUT2D eigenvalue weighted by molar-refractivity contribution is 6.56. The van der Waals surface area contributed by atoms with E-state index in [1.54, 1.807) is 39.0 Å². The number of ether oxygens (including phenoxy) is 2. The molecule has 2 rings (SSSR count). The van der Waals surface area contributed by atoms with E-state index in [1.165, 1.54) is 0 Å². The summed E-state index contributed by atoms with van der Waals surface area (Å²) in [4.78, 5) is 24.8. The van der Waals surface area contributed by atoms with E-state index in [0.29, 0.717) is 11.0 Å². The van der Waals surface area contributed by atoms with Gasteiger partial charge < -0.3 is 24.1 Å². The normalized spacial score (nSPS) is 18.1. The smallest absolute Gasteiger partial charge is 0.456 e. The van der Waals surface area contributed by atoms with E-state index in [2.05, 4.69) is 5.32 Å². The van der Waals surface area contributed by atoms with Crippen molar-refractivity contribution in [1.29, 1.82) is 0 Å². The van der Waals surface area contributed by atoms with Gasteiger partial charge in [0.15, 0.2) is 0 Å². The molecule has 1 aliphatic heterocycles. The molecular formula is C25H38BNO6. The number of hydrogen-bond donors (Lipinski definition) is 1. The summed E-state index contributed by atoms with van der Waals surface area (Å²) >= 11 is 0. The molecule has 0 atom stereocenters. The molecule has 1 aromatic carbocycles. The number of esters is 1. The first kappa shape index (κ1) is 26.9. The summed E-state index contributed by atoms with van der Waals surface area (Å²) < 4.78 is 23.2. The van der Waals surface area contributed by atoms with E-state index in [-0.39, 0.29) is 6.54 Å². The van der Waals surface area contributed by atoms with Crippen molar-refractivity contribution >= 4 is 25.3 Å². The fourth-order valence-electron chi connectivity index (χ4n) is 2.99. The number of carbonyl (C=O) groups excluding carboxylic acids is 2. The minimum atomic E-state index is -0.671. The van der Waals surface area contributed by atoms with Crippen LogP contribution in [-0.2, 0) is 18.8 Å². The van der Waals surface area contributed by atoms with Gasteiger partial charge in [0.2, 0.25) is 0 Å². The summed E-state index contributed by atoms with van der Waals surface area (Å²) in [6, 6.07) is 7.10. The lowest BCUT2D eigenvalue weighted by molar-refractivity contribution is 0.00578. The number of amides is 1.